The van der Waals surface area contributed by atoms with Crippen molar-refractivity contribution in [1.29, 1.82) is 0 Å². The third-order valence-corrected chi connectivity index (χ3v) is 2.02. The number of allylic oxidation sites excluding steroid dienone is 1. The summed E-state index contributed by atoms with van der Waals surface area (Å²) in [7, 11) is 0. The van der Waals surface area contributed by atoms with E-state index in [0.29, 0.717) is 6.08 Å². The lowest BCUT2D eigenvalue weighted by molar-refractivity contribution is -0.116. The molecule has 5 heteroatoms. The van der Waals surface area contributed by atoms with Gasteiger partial charge in [-0.2, -0.15) is 13.2 Å². The van der Waals surface area contributed by atoms with Crippen molar-refractivity contribution in [3.05, 3.63) is 42.0 Å². The highest BCUT2D eigenvalue weighted by Gasteiger charge is 2.35. The minimum Gasteiger partial charge on any atom is -0.353 e. The topological polar surface area (TPSA) is 29.1 Å². The monoisotopic (exact) mass is 243 g/mol. The van der Waals surface area contributed by atoms with Crippen LogP contribution in [0.15, 0.2) is 36.4 Å². The van der Waals surface area contributed by atoms with E-state index < -0.39 is 17.7 Å². The molecule has 0 aliphatic heterocycles. The summed E-state index contributed by atoms with van der Waals surface area (Å²) < 4.78 is 38.3. The lowest BCUT2D eigenvalue weighted by Gasteiger charge is -2.11. The van der Waals surface area contributed by atoms with Crippen LogP contribution in [-0.2, 0) is 4.79 Å². The van der Waals surface area contributed by atoms with Crippen LogP contribution in [0.3, 0.4) is 0 Å². The van der Waals surface area contributed by atoms with E-state index in [1.165, 1.54) is 24.3 Å². The Hall–Kier alpha value is -1.78. The zero-order valence-electron chi connectivity index (χ0n) is 9.21. The second-order valence-electron chi connectivity index (χ2n) is 3.32. The fraction of sp³-hybridized carbons (Fsp3) is 0.250. The molecule has 0 unspecified atom stereocenters. The number of halogens is 3. The van der Waals surface area contributed by atoms with Gasteiger partial charge in [0.05, 0.1) is 5.57 Å². The summed E-state index contributed by atoms with van der Waals surface area (Å²) in [6.07, 6.45) is -3.97. The van der Waals surface area contributed by atoms with E-state index in [0.717, 1.165) is 0 Å². The van der Waals surface area contributed by atoms with E-state index in [1.807, 2.05) is 0 Å². The van der Waals surface area contributed by atoms with Crippen LogP contribution in [-0.4, -0.2) is 18.6 Å². The molecule has 0 aliphatic carbocycles. The number of amides is 1. The number of carbonyl (C=O) groups excluding carboxylic acids is 1. The van der Waals surface area contributed by atoms with E-state index in [4.69, 9.17) is 0 Å². The lowest BCUT2D eigenvalue weighted by Crippen LogP contribution is -2.22. The molecule has 0 atom stereocenters. The first kappa shape index (κ1) is 13.3. The van der Waals surface area contributed by atoms with Crippen molar-refractivity contribution >= 4 is 11.5 Å². The molecule has 0 spiro atoms. The molecule has 17 heavy (non-hydrogen) atoms. The average Bonchev–Trinajstić information content (AvgIpc) is 2.26. The average molecular weight is 243 g/mol. The molecule has 1 aromatic rings. The van der Waals surface area contributed by atoms with Crippen molar-refractivity contribution in [3.8, 4) is 0 Å². The van der Waals surface area contributed by atoms with Gasteiger partial charge in [0.25, 0.3) is 0 Å². The highest BCUT2D eigenvalue weighted by atomic mass is 19.4. The molecule has 0 fully saturated rings. The number of hydrogen-bond donors (Lipinski definition) is 1. The molecule has 0 heterocycles. The van der Waals surface area contributed by atoms with Gasteiger partial charge in [-0.25, -0.2) is 0 Å². The SMILES string of the molecule is CCNC(=O)C=C(c1ccccc1)C(F)(F)F. The minimum absolute atomic E-state index is 0.0220. The number of rotatable bonds is 3. The van der Waals surface area contributed by atoms with Gasteiger partial charge in [0.1, 0.15) is 0 Å². The van der Waals surface area contributed by atoms with Crippen LogP contribution in [0.25, 0.3) is 5.57 Å². The van der Waals surface area contributed by atoms with Gasteiger partial charge in [0.2, 0.25) is 5.91 Å². The molecule has 1 rings (SSSR count). The van der Waals surface area contributed by atoms with E-state index in [2.05, 4.69) is 5.32 Å². The number of likely N-dealkylation sites (N-methyl/N-ethyl adjacent to an activating group) is 1. The Morgan fingerprint density at radius 3 is 2.35 bits per heavy atom. The molecule has 0 aromatic heterocycles. The molecule has 1 N–H and O–H groups in total. The Bertz CT molecular complexity index is 410. The molecule has 0 bridgehead atoms. The van der Waals surface area contributed by atoms with Gasteiger partial charge in [0, 0.05) is 12.6 Å². The summed E-state index contributed by atoms with van der Waals surface area (Å²) in [6.45, 7) is 1.93. The summed E-state index contributed by atoms with van der Waals surface area (Å²) in [5.74, 6) is -0.747. The van der Waals surface area contributed by atoms with E-state index in [1.54, 1.807) is 13.0 Å². The van der Waals surface area contributed by atoms with Crippen molar-refractivity contribution in [2.24, 2.45) is 0 Å². The maximum absolute atomic E-state index is 12.8. The van der Waals surface area contributed by atoms with Gasteiger partial charge in [-0.05, 0) is 12.5 Å². The van der Waals surface area contributed by atoms with Crippen molar-refractivity contribution < 1.29 is 18.0 Å². The number of carbonyl (C=O) groups is 1. The number of hydrogen-bond acceptors (Lipinski definition) is 1. The fourth-order valence-electron chi connectivity index (χ4n) is 1.30. The molecule has 0 aliphatic rings. The fourth-order valence-corrected chi connectivity index (χ4v) is 1.30. The normalized spacial score (nSPS) is 12.4. The molecule has 2 nitrogen and oxygen atoms in total. The molecule has 0 radical (unpaired) electrons. The van der Waals surface area contributed by atoms with Crippen LogP contribution in [0.1, 0.15) is 12.5 Å². The largest absolute Gasteiger partial charge is 0.417 e. The smallest absolute Gasteiger partial charge is 0.353 e. The van der Waals surface area contributed by atoms with Crippen LogP contribution < -0.4 is 5.32 Å². The number of alkyl halides is 3. The lowest BCUT2D eigenvalue weighted by atomic mass is 10.1. The van der Waals surface area contributed by atoms with Gasteiger partial charge >= 0.3 is 6.18 Å². The van der Waals surface area contributed by atoms with E-state index >= 15 is 0 Å². The van der Waals surface area contributed by atoms with Crippen molar-refractivity contribution in [1.82, 2.24) is 5.32 Å². The van der Waals surface area contributed by atoms with E-state index in [-0.39, 0.29) is 12.1 Å². The van der Waals surface area contributed by atoms with Crippen LogP contribution in [0.4, 0.5) is 13.2 Å². The summed E-state index contributed by atoms with van der Waals surface area (Å²) in [6, 6.07) is 7.24. The number of nitrogens with one attached hydrogen (secondary N) is 1. The first-order valence-corrected chi connectivity index (χ1v) is 5.07. The van der Waals surface area contributed by atoms with Gasteiger partial charge in [-0.3, -0.25) is 4.79 Å². The summed E-state index contributed by atoms with van der Waals surface area (Å²) in [5, 5.41) is 2.30. The van der Waals surface area contributed by atoms with Crippen molar-refractivity contribution in [2.45, 2.75) is 13.1 Å². The second-order valence-corrected chi connectivity index (χ2v) is 3.32. The van der Waals surface area contributed by atoms with Crippen LogP contribution in [0.2, 0.25) is 0 Å². The molecule has 1 amide bonds. The second kappa shape index (κ2) is 5.52. The maximum Gasteiger partial charge on any atom is 0.417 e. The standard InChI is InChI=1S/C12H12F3NO/c1-2-16-11(17)8-10(12(13,14)15)9-6-4-3-5-7-9/h3-8H,2H2,1H3,(H,16,17). The first-order valence-electron chi connectivity index (χ1n) is 5.07. The Morgan fingerprint density at radius 1 is 1.29 bits per heavy atom. The Kier molecular flexibility index (Phi) is 4.31. The number of benzene rings is 1. The van der Waals surface area contributed by atoms with Crippen LogP contribution >= 0.6 is 0 Å². The zero-order chi connectivity index (χ0) is 12.9. The third-order valence-electron chi connectivity index (χ3n) is 2.02. The van der Waals surface area contributed by atoms with Gasteiger partial charge in [0.15, 0.2) is 0 Å². The Morgan fingerprint density at radius 2 is 1.88 bits per heavy atom. The molecular weight excluding hydrogens is 231 g/mol. The molecule has 0 saturated heterocycles. The predicted molar refractivity (Wildman–Crippen MR) is 59.2 cm³/mol. The molecular formula is C12H12F3NO. The quantitative estimate of drug-likeness (QED) is 0.812. The highest BCUT2D eigenvalue weighted by Crippen LogP contribution is 2.33. The van der Waals surface area contributed by atoms with Gasteiger partial charge < -0.3 is 5.32 Å². The van der Waals surface area contributed by atoms with Crippen LogP contribution in [0.5, 0.6) is 0 Å². The van der Waals surface area contributed by atoms with E-state index in [9.17, 15) is 18.0 Å². The van der Waals surface area contributed by atoms with Crippen molar-refractivity contribution in [2.75, 3.05) is 6.54 Å². The Balaban J connectivity index is 3.10. The van der Waals surface area contributed by atoms with Gasteiger partial charge in [-0.1, -0.05) is 30.3 Å². The summed E-state index contributed by atoms with van der Waals surface area (Å²) in [4.78, 5) is 11.2. The van der Waals surface area contributed by atoms with Gasteiger partial charge in [-0.15, -0.1) is 0 Å². The predicted octanol–water partition coefficient (Wildman–Crippen LogP) is 2.77. The molecule has 1 aromatic carbocycles. The zero-order valence-corrected chi connectivity index (χ0v) is 9.21. The van der Waals surface area contributed by atoms with Crippen LogP contribution in [0, 0.1) is 0 Å². The summed E-state index contributed by atoms with van der Waals surface area (Å²) >= 11 is 0. The minimum atomic E-state index is -4.55. The first-order chi connectivity index (χ1) is 7.95. The maximum atomic E-state index is 12.8. The third kappa shape index (κ3) is 3.94. The summed E-state index contributed by atoms with van der Waals surface area (Å²) in [5.41, 5.74) is -0.963. The Labute approximate surface area is 97.1 Å². The molecule has 92 valence electrons. The highest BCUT2D eigenvalue weighted by molar-refractivity contribution is 5.96. The van der Waals surface area contributed by atoms with Crippen molar-refractivity contribution in [3.63, 3.8) is 0 Å². The molecule has 0 saturated carbocycles.